The Balaban J connectivity index is 1.80. The van der Waals surface area contributed by atoms with Crippen LogP contribution in [0, 0.1) is 0 Å². The van der Waals surface area contributed by atoms with Crippen LogP contribution in [0.1, 0.15) is 48.0 Å². The number of carbonyl (C=O) groups excluding carboxylic acids is 2. The molecule has 0 spiro atoms. The van der Waals surface area contributed by atoms with Gasteiger partial charge in [-0.15, -0.1) is 11.3 Å². The number of halogens is 1. The van der Waals surface area contributed by atoms with E-state index in [-0.39, 0.29) is 11.9 Å². The van der Waals surface area contributed by atoms with Gasteiger partial charge in [0.25, 0.3) is 5.91 Å². The van der Waals surface area contributed by atoms with Crippen LogP contribution in [-0.4, -0.2) is 24.1 Å². The molecule has 1 aromatic heterocycles. The Morgan fingerprint density at radius 2 is 1.93 bits per heavy atom. The monoisotopic (exact) mass is 451 g/mol. The van der Waals surface area contributed by atoms with E-state index in [1.54, 1.807) is 32.9 Å². The molecule has 3 rings (SSSR count). The van der Waals surface area contributed by atoms with Crippen molar-refractivity contribution in [2.24, 2.45) is 0 Å². The van der Waals surface area contributed by atoms with Crippen molar-refractivity contribution in [3.63, 3.8) is 0 Å². The second-order valence-corrected chi connectivity index (χ2v) is 8.82. The summed E-state index contributed by atoms with van der Waals surface area (Å²) in [6, 6.07) is 7.30. The molecule has 1 amide bonds. The van der Waals surface area contributed by atoms with Crippen molar-refractivity contribution < 1.29 is 19.1 Å². The summed E-state index contributed by atoms with van der Waals surface area (Å²) >= 11 is 4.84. The van der Waals surface area contributed by atoms with E-state index in [1.165, 1.54) is 11.3 Å². The van der Waals surface area contributed by atoms with Crippen LogP contribution in [0.25, 0.3) is 0 Å². The van der Waals surface area contributed by atoms with Crippen LogP contribution in [0.4, 0.5) is 5.00 Å². The predicted molar refractivity (Wildman–Crippen MR) is 110 cm³/mol. The molecule has 2 aromatic rings. The number of nitrogens with one attached hydrogen (secondary N) is 1. The second kappa shape index (κ2) is 8.02. The van der Waals surface area contributed by atoms with Gasteiger partial charge in [0.15, 0.2) is 5.60 Å². The Morgan fingerprint density at radius 3 is 2.59 bits per heavy atom. The lowest BCUT2D eigenvalue weighted by Gasteiger charge is -2.25. The summed E-state index contributed by atoms with van der Waals surface area (Å²) in [7, 11) is 0. The highest BCUT2D eigenvalue weighted by Crippen LogP contribution is 2.40. The molecular formula is C20H22BrNO4S. The summed E-state index contributed by atoms with van der Waals surface area (Å²) in [5.74, 6) is -0.0904. The molecule has 1 heterocycles. The fourth-order valence-corrected chi connectivity index (χ4v) is 4.55. The lowest BCUT2D eigenvalue weighted by atomic mass is 10.1. The summed E-state index contributed by atoms with van der Waals surface area (Å²) in [6.07, 6.45) is 2.80. The van der Waals surface area contributed by atoms with Crippen LogP contribution < -0.4 is 10.1 Å². The molecular weight excluding hydrogens is 430 g/mol. The van der Waals surface area contributed by atoms with E-state index < -0.39 is 5.60 Å². The largest absolute Gasteiger partial charge is 0.478 e. The van der Waals surface area contributed by atoms with Crippen LogP contribution in [0.3, 0.4) is 0 Å². The highest BCUT2D eigenvalue weighted by Gasteiger charge is 2.34. The molecule has 0 unspecified atom stereocenters. The van der Waals surface area contributed by atoms with Gasteiger partial charge in [-0.3, -0.25) is 4.79 Å². The van der Waals surface area contributed by atoms with Crippen LogP contribution in [0.5, 0.6) is 5.75 Å². The quantitative estimate of drug-likeness (QED) is 0.629. The number of benzene rings is 1. The third kappa shape index (κ3) is 4.35. The lowest BCUT2D eigenvalue weighted by Crippen LogP contribution is -2.42. The molecule has 1 N–H and O–H groups in total. The Hall–Kier alpha value is -1.86. The molecule has 0 radical (unpaired) electrons. The van der Waals surface area contributed by atoms with Gasteiger partial charge in [-0.05, 0) is 69.9 Å². The van der Waals surface area contributed by atoms with E-state index in [0.29, 0.717) is 22.9 Å². The number of rotatable bonds is 6. The maximum Gasteiger partial charge on any atom is 0.341 e. The van der Waals surface area contributed by atoms with E-state index in [9.17, 15) is 9.59 Å². The molecule has 0 saturated heterocycles. The molecule has 27 heavy (non-hydrogen) atoms. The fraction of sp³-hybridized carbons (Fsp3) is 0.400. The van der Waals surface area contributed by atoms with Crippen LogP contribution >= 0.6 is 27.3 Å². The average Bonchev–Trinajstić information content (AvgIpc) is 3.17. The molecule has 1 aromatic carbocycles. The van der Waals surface area contributed by atoms with Gasteiger partial charge in [0.05, 0.1) is 12.2 Å². The topological polar surface area (TPSA) is 64.6 Å². The number of anilines is 1. The first-order valence-electron chi connectivity index (χ1n) is 8.89. The number of ether oxygens (including phenoxy) is 2. The first kappa shape index (κ1) is 19.9. The lowest BCUT2D eigenvalue weighted by molar-refractivity contribution is -0.128. The zero-order valence-electron chi connectivity index (χ0n) is 15.6. The van der Waals surface area contributed by atoms with E-state index >= 15 is 0 Å². The predicted octanol–water partition coefficient (Wildman–Crippen LogP) is 4.97. The fourth-order valence-electron chi connectivity index (χ4n) is 3.01. The zero-order chi connectivity index (χ0) is 19.6. The van der Waals surface area contributed by atoms with Crippen molar-refractivity contribution in [1.82, 2.24) is 0 Å². The minimum absolute atomic E-state index is 0.301. The van der Waals surface area contributed by atoms with Gasteiger partial charge in [0, 0.05) is 9.35 Å². The molecule has 7 heteroatoms. The van der Waals surface area contributed by atoms with Gasteiger partial charge in [0.2, 0.25) is 0 Å². The number of hydrogen-bond acceptors (Lipinski definition) is 5. The van der Waals surface area contributed by atoms with Crippen LogP contribution in [0.2, 0.25) is 0 Å². The molecule has 144 valence electrons. The van der Waals surface area contributed by atoms with E-state index in [1.807, 2.05) is 12.1 Å². The molecule has 0 atom stereocenters. The minimum Gasteiger partial charge on any atom is -0.478 e. The first-order chi connectivity index (χ1) is 12.8. The Morgan fingerprint density at radius 1 is 1.22 bits per heavy atom. The number of esters is 1. The number of fused-ring (bicyclic) bond motifs is 1. The molecule has 0 bridgehead atoms. The van der Waals surface area contributed by atoms with Crippen molar-refractivity contribution in [3.8, 4) is 5.75 Å². The number of thiophene rings is 1. The zero-order valence-corrected chi connectivity index (χ0v) is 18.0. The Labute approximate surface area is 171 Å². The first-order valence-corrected chi connectivity index (χ1v) is 10.5. The van der Waals surface area contributed by atoms with Crippen LogP contribution in [0.15, 0.2) is 28.7 Å². The smallest absolute Gasteiger partial charge is 0.341 e. The summed E-state index contributed by atoms with van der Waals surface area (Å²) in [5.41, 5.74) is 0.413. The third-order valence-electron chi connectivity index (χ3n) is 4.36. The van der Waals surface area contributed by atoms with E-state index in [4.69, 9.17) is 9.47 Å². The van der Waals surface area contributed by atoms with Gasteiger partial charge in [-0.1, -0.05) is 15.9 Å². The Kier molecular flexibility index (Phi) is 5.91. The van der Waals surface area contributed by atoms with Crippen LogP contribution in [-0.2, 0) is 22.4 Å². The van der Waals surface area contributed by atoms with Gasteiger partial charge in [0.1, 0.15) is 10.8 Å². The molecule has 1 aliphatic rings. The van der Waals surface area contributed by atoms with Gasteiger partial charge in [-0.2, -0.15) is 0 Å². The van der Waals surface area contributed by atoms with Crippen molar-refractivity contribution >= 4 is 44.1 Å². The number of hydrogen-bond donors (Lipinski definition) is 1. The third-order valence-corrected chi connectivity index (χ3v) is 6.10. The maximum absolute atomic E-state index is 12.9. The maximum atomic E-state index is 12.9. The molecule has 5 nitrogen and oxygen atoms in total. The molecule has 1 aliphatic carbocycles. The van der Waals surface area contributed by atoms with Crippen molar-refractivity contribution in [2.45, 2.75) is 45.6 Å². The number of carbonyl (C=O) groups is 2. The van der Waals surface area contributed by atoms with Gasteiger partial charge < -0.3 is 14.8 Å². The molecule has 0 saturated carbocycles. The van der Waals surface area contributed by atoms with Crippen molar-refractivity contribution in [3.05, 3.63) is 44.7 Å². The van der Waals surface area contributed by atoms with Gasteiger partial charge >= 0.3 is 5.97 Å². The van der Waals surface area contributed by atoms with E-state index in [2.05, 4.69) is 21.2 Å². The highest BCUT2D eigenvalue weighted by atomic mass is 79.9. The number of amides is 1. The average molecular weight is 452 g/mol. The summed E-state index contributed by atoms with van der Waals surface area (Å²) in [6.45, 7) is 5.48. The number of aryl methyl sites for hydroxylation is 1. The van der Waals surface area contributed by atoms with Gasteiger partial charge in [-0.25, -0.2) is 4.79 Å². The highest BCUT2D eigenvalue weighted by molar-refractivity contribution is 9.10. The standard InChI is InChI=1S/C20H22BrNO4S/c1-4-25-18(23)16-14-6-5-7-15(14)27-17(16)22-19(24)20(2,3)26-13-10-8-12(21)9-11-13/h8-11H,4-7H2,1-3H3,(H,22,24). The van der Waals surface area contributed by atoms with Crippen molar-refractivity contribution in [1.29, 1.82) is 0 Å². The molecule has 0 aliphatic heterocycles. The normalized spacial score (nSPS) is 13.2. The minimum atomic E-state index is -1.10. The Bertz CT molecular complexity index is 858. The molecule has 0 fully saturated rings. The summed E-state index contributed by atoms with van der Waals surface area (Å²) in [4.78, 5) is 26.5. The summed E-state index contributed by atoms with van der Waals surface area (Å²) < 4.78 is 12.0. The second-order valence-electron chi connectivity index (χ2n) is 6.80. The summed E-state index contributed by atoms with van der Waals surface area (Å²) in [5, 5.41) is 3.45. The van der Waals surface area contributed by atoms with E-state index in [0.717, 1.165) is 34.2 Å². The van der Waals surface area contributed by atoms with Crippen molar-refractivity contribution in [2.75, 3.05) is 11.9 Å². The SMILES string of the molecule is CCOC(=O)c1c(NC(=O)C(C)(C)Oc2ccc(Br)cc2)sc2c1CCC2.